The highest BCUT2D eigenvalue weighted by Gasteiger charge is 2.24. The van der Waals surface area contributed by atoms with Gasteiger partial charge in [-0.15, -0.1) is 0 Å². The van der Waals surface area contributed by atoms with Crippen molar-refractivity contribution in [2.45, 2.75) is 38.7 Å². The van der Waals surface area contributed by atoms with Crippen molar-refractivity contribution < 1.29 is 9.47 Å². The van der Waals surface area contributed by atoms with Crippen molar-refractivity contribution in [3.05, 3.63) is 29.3 Å². The van der Waals surface area contributed by atoms with E-state index in [1.807, 2.05) is 0 Å². The summed E-state index contributed by atoms with van der Waals surface area (Å²) in [6.07, 6.45) is 1.40. The van der Waals surface area contributed by atoms with Crippen molar-refractivity contribution in [3.63, 3.8) is 0 Å². The Morgan fingerprint density at radius 3 is 2.94 bits per heavy atom. The van der Waals surface area contributed by atoms with Gasteiger partial charge < -0.3 is 14.8 Å². The number of hydrogen-bond donors (Lipinski definition) is 1. The fourth-order valence-electron chi connectivity index (χ4n) is 2.40. The van der Waals surface area contributed by atoms with E-state index in [1.54, 1.807) is 0 Å². The monoisotopic (exact) mass is 219 g/mol. The summed E-state index contributed by atoms with van der Waals surface area (Å²) in [5.74, 6) is 0. The average molecular weight is 219 g/mol. The standard InChI is InChI=1S/C13H17NO2/c1-9-13(4-5-16-9)14-12-3-2-10-7-15-8-11(10)6-12/h2-3,6,9,13-14H,4-5,7-8H2,1H3. The van der Waals surface area contributed by atoms with E-state index in [-0.39, 0.29) is 0 Å². The van der Waals surface area contributed by atoms with E-state index in [1.165, 1.54) is 16.8 Å². The molecule has 1 N–H and O–H groups in total. The maximum Gasteiger partial charge on any atom is 0.0748 e. The second-order valence-corrected chi connectivity index (χ2v) is 4.59. The average Bonchev–Trinajstić information content (AvgIpc) is 2.88. The van der Waals surface area contributed by atoms with Gasteiger partial charge in [-0.05, 0) is 36.6 Å². The number of benzene rings is 1. The Kier molecular flexibility index (Phi) is 2.58. The summed E-state index contributed by atoms with van der Waals surface area (Å²) >= 11 is 0. The van der Waals surface area contributed by atoms with Gasteiger partial charge in [-0.25, -0.2) is 0 Å². The van der Waals surface area contributed by atoms with Crippen LogP contribution in [0.25, 0.3) is 0 Å². The van der Waals surface area contributed by atoms with Gasteiger partial charge in [-0.2, -0.15) is 0 Å². The third-order valence-electron chi connectivity index (χ3n) is 3.45. The maximum absolute atomic E-state index is 5.54. The van der Waals surface area contributed by atoms with Crippen LogP contribution < -0.4 is 5.32 Å². The van der Waals surface area contributed by atoms with Gasteiger partial charge >= 0.3 is 0 Å². The first-order chi connectivity index (χ1) is 7.83. The Labute approximate surface area is 95.8 Å². The van der Waals surface area contributed by atoms with Crippen molar-refractivity contribution in [1.82, 2.24) is 0 Å². The topological polar surface area (TPSA) is 30.5 Å². The summed E-state index contributed by atoms with van der Waals surface area (Å²) in [5.41, 5.74) is 3.82. The van der Waals surface area contributed by atoms with E-state index in [4.69, 9.17) is 9.47 Å². The molecule has 2 atom stereocenters. The lowest BCUT2D eigenvalue weighted by Crippen LogP contribution is -2.26. The molecule has 2 aliphatic heterocycles. The van der Waals surface area contributed by atoms with Gasteiger partial charge in [0.25, 0.3) is 0 Å². The fraction of sp³-hybridized carbons (Fsp3) is 0.538. The molecule has 16 heavy (non-hydrogen) atoms. The predicted octanol–water partition coefficient (Wildman–Crippen LogP) is 2.31. The van der Waals surface area contributed by atoms with Crippen LogP contribution in [-0.2, 0) is 22.7 Å². The lowest BCUT2D eigenvalue weighted by Gasteiger charge is -2.17. The van der Waals surface area contributed by atoms with E-state index in [9.17, 15) is 0 Å². The molecule has 3 heteroatoms. The molecule has 2 heterocycles. The number of hydrogen-bond acceptors (Lipinski definition) is 3. The molecule has 0 radical (unpaired) electrons. The summed E-state index contributed by atoms with van der Waals surface area (Å²) in [4.78, 5) is 0. The van der Waals surface area contributed by atoms with Gasteiger partial charge in [0.1, 0.15) is 0 Å². The zero-order chi connectivity index (χ0) is 11.0. The van der Waals surface area contributed by atoms with E-state index < -0.39 is 0 Å². The fourth-order valence-corrected chi connectivity index (χ4v) is 2.40. The number of anilines is 1. The number of nitrogens with one attached hydrogen (secondary N) is 1. The number of rotatable bonds is 2. The van der Waals surface area contributed by atoms with Gasteiger partial charge in [-0.1, -0.05) is 6.07 Å². The molecule has 3 nitrogen and oxygen atoms in total. The molecule has 0 aliphatic carbocycles. The molecule has 2 aliphatic rings. The molecule has 0 spiro atoms. The maximum atomic E-state index is 5.54. The first-order valence-electron chi connectivity index (χ1n) is 5.90. The van der Waals surface area contributed by atoms with Crippen LogP contribution in [0.2, 0.25) is 0 Å². The van der Waals surface area contributed by atoms with Crippen molar-refractivity contribution in [2.75, 3.05) is 11.9 Å². The second kappa shape index (κ2) is 4.07. The molecule has 0 saturated carbocycles. The van der Waals surface area contributed by atoms with Crippen LogP contribution in [0.4, 0.5) is 5.69 Å². The molecular weight excluding hydrogens is 202 g/mol. The van der Waals surface area contributed by atoms with Crippen molar-refractivity contribution in [3.8, 4) is 0 Å². The molecule has 1 fully saturated rings. The largest absolute Gasteiger partial charge is 0.380 e. The molecule has 1 aromatic carbocycles. The van der Waals surface area contributed by atoms with Gasteiger partial charge in [0.2, 0.25) is 0 Å². The Balaban J connectivity index is 1.75. The van der Waals surface area contributed by atoms with Gasteiger partial charge in [-0.3, -0.25) is 0 Å². The van der Waals surface area contributed by atoms with Crippen LogP contribution >= 0.6 is 0 Å². The smallest absolute Gasteiger partial charge is 0.0748 e. The van der Waals surface area contributed by atoms with Crippen LogP contribution in [0.15, 0.2) is 18.2 Å². The van der Waals surface area contributed by atoms with E-state index in [2.05, 4.69) is 30.4 Å². The molecule has 86 valence electrons. The quantitative estimate of drug-likeness (QED) is 0.828. The normalized spacial score (nSPS) is 28.1. The molecule has 0 aromatic heterocycles. The Morgan fingerprint density at radius 2 is 2.12 bits per heavy atom. The van der Waals surface area contributed by atoms with Crippen molar-refractivity contribution in [1.29, 1.82) is 0 Å². The highest BCUT2D eigenvalue weighted by molar-refractivity contribution is 5.50. The SMILES string of the molecule is CC1OCCC1Nc1ccc2c(c1)COC2. The summed E-state index contributed by atoms with van der Waals surface area (Å²) in [7, 11) is 0. The minimum atomic E-state index is 0.310. The molecule has 1 saturated heterocycles. The first-order valence-corrected chi connectivity index (χ1v) is 5.90. The summed E-state index contributed by atoms with van der Waals surface area (Å²) in [6.45, 7) is 4.51. The lowest BCUT2D eigenvalue weighted by atomic mass is 10.1. The van der Waals surface area contributed by atoms with Crippen molar-refractivity contribution >= 4 is 5.69 Å². The zero-order valence-electron chi connectivity index (χ0n) is 9.53. The van der Waals surface area contributed by atoms with Crippen LogP contribution in [-0.4, -0.2) is 18.8 Å². The Morgan fingerprint density at radius 1 is 1.25 bits per heavy atom. The van der Waals surface area contributed by atoms with E-state index in [0.717, 1.165) is 26.2 Å². The molecule has 2 unspecified atom stereocenters. The molecule has 3 rings (SSSR count). The highest BCUT2D eigenvalue weighted by atomic mass is 16.5. The van der Waals surface area contributed by atoms with Crippen LogP contribution in [0.1, 0.15) is 24.5 Å². The van der Waals surface area contributed by atoms with E-state index >= 15 is 0 Å². The van der Waals surface area contributed by atoms with Crippen LogP contribution in [0.3, 0.4) is 0 Å². The molecule has 0 bridgehead atoms. The molecule has 1 aromatic rings. The third-order valence-corrected chi connectivity index (χ3v) is 3.45. The van der Waals surface area contributed by atoms with Crippen LogP contribution in [0.5, 0.6) is 0 Å². The molecular formula is C13H17NO2. The summed E-state index contributed by atoms with van der Waals surface area (Å²) in [5, 5.41) is 3.54. The predicted molar refractivity (Wildman–Crippen MR) is 62.4 cm³/mol. The third kappa shape index (κ3) is 1.81. The van der Waals surface area contributed by atoms with Gasteiger partial charge in [0.05, 0.1) is 25.4 Å². The second-order valence-electron chi connectivity index (χ2n) is 4.59. The number of fused-ring (bicyclic) bond motifs is 1. The highest BCUT2D eigenvalue weighted by Crippen LogP contribution is 2.25. The lowest BCUT2D eigenvalue weighted by molar-refractivity contribution is 0.121. The van der Waals surface area contributed by atoms with E-state index in [0.29, 0.717) is 12.1 Å². The van der Waals surface area contributed by atoms with Crippen LogP contribution in [0, 0.1) is 0 Å². The summed E-state index contributed by atoms with van der Waals surface area (Å²) < 4.78 is 11.0. The number of ether oxygens (including phenoxy) is 2. The van der Waals surface area contributed by atoms with Crippen molar-refractivity contribution in [2.24, 2.45) is 0 Å². The zero-order valence-corrected chi connectivity index (χ0v) is 9.53. The van der Waals surface area contributed by atoms with Gasteiger partial charge in [0.15, 0.2) is 0 Å². The minimum Gasteiger partial charge on any atom is -0.380 e. The Bertz CT molecular complexity index is 392. The minimum absolute atomic E-state index is 0.310. The van der Waals surface area contributed by atoms with Gasteiger partial charge in [0, 0.05) is 12.3 Å². The molecule has 0 amide bonds. The Hall–Kier alpha value is -1.06. The first kappa shape index (κ1) is 10.1. The summed E-state index contributed by atoms with van der Waals surface area (Å²) in [6, 6.07) is 6.94.